The van der Waals surface area contributed by atoms with Crippen LogP contribution in [0.2, 0.25) is 0 Å². The lowest BCUT2D eigenvalue weighted by Crippen LogP contribution is -2.37. The fourth-order valence-electron chi connectivity index (χ4n) is 2.62. The first-order valence-electron chi connectivity index (χ1n) is 9.18. The van der Waals surface area contributed by atoms with E-state index in [1.807, 2.05) is 37.3 Å². The maximum atomic E-state index is 12.5. The Balaban J connectivity index is 1.58. The number of rotatable bonds is 9. The summed E-state index contributed by atoms with van der Waals surface area (Å²) in [5.41, 5.74) is 0.792. The Morgan fingerprint density at radius 2 is 1.79 bits per heavy atom. The predicted octanol–water partition coefficient (Wildman–Crippen LogP) is 3.23. The van der Waals surface area contributed by atoms with Crippen LogP contribution in [0.4, 0.5) is 0 Å². The van der Waals surface area contributed by atoms with Crippen LogP contribution < -0.4 is 19.5 Å². The van der Waals surface area contributed by atoms with E-state index in [9.17, 15) is 4.79 Å². The minimum absolute atomic E-state index is 0.111. The van der Waals surface area contributed by atoms with E-state index in [0.717, 1.165) is 11.3 Å². The Kier molecular flexibility index (Phi) is 6.67. The number of nitrogens with one attached hydrogen (secondary N) is 1. The van der Waals surface area contributed by atoms with Crippen LogP contribution in [0.5, 0.6) is 17.2 Å². The third-order valence-electron chi connectivity index (χ3n) is 4.21. The van der Waals surface area contributed by atoms with E-state index in [4.69, 9.17) is 18.7 Å². The Hall–Kier alpha value is -3.55. The van der Waals surface area contributed by atoms with Gasteiger partial charge in [-0.25, -0.2) is 0 Å². The van der Waals surface area contributed by atoms with E-state index in [1.54, 1.807) is 32.4 Å². The smallest absolute Gasteiger partial charge is 0.261 e. The zero-order valence-electron chi connectivity index (χ0n) is 16.5. The standard InChI is InChI=1S/C21H23N3O5/c1-4-18(28-17-7-5-6-16(12-17)27-3)21(25)22-13-19-23-20(24-29-19)14-8-10-15(26-2)11-9-14/h5-12,18H,4,13H2,1-3H3,(H,22,25)/t18-/m0/s1. The molecule has 0 radical (unpaired) electrons. The van der Waals surface area contributed by atoms with Crippen LogP contribution in [0.15, 0.2) is 53.1 Å². The highest BCUT2D eigenvalue weighted by Crippen LogP contribution is 2.21. The van der Waals surface area contributed by atoms with Gasteiger partial charge in [0.2, 0.25) is 11.7 Å². The number of ether oxygens (including phenoxy) is 3. The molecule has 2 aromatic carbocycles. The molecule has 0 bridgehead atoms. The maximum Gasteiger partial charge on any atom is 0.261 e. The third-order valence-corrected chi connectivity index (χ3v) is 4.21. The fourth-order valence-corrected chi connectivity index (χ4v) is 2.62. The van der Waals surface area contributed by atoms with E-state index in [-0.39, 0.29) is 12.5 Å². The topological polar surface area (TPSA) is 95.7 Å². The van der Waals surface area contributed by atoms with Crippen molar-refractivity contribution in [3.8, 4) is 28.6 Å². The number of nitrogens with zero attached hydrogens (tertiary/aromatic N) is 2. The van der Waals surface area contributed by atoms with Crippen LogP contribution in [0.25, 0.3) is 11.4 Å². The van der Waals surface area contributed by atoms with Gasteiger partial charge in [0.1, 0.15) is 17.2 Å². The Morgan fingerprint density at radius 3 is 2.48 bits per heavy atom. The van der Waals surface area contributed by atoms with Gasteiger partial charge in [0.15, 0.2) is 6.10 Å². The van der Waals surface area contributed by atoms with E-state index in [0.29, 0.717) is 29.6 Å². The molecule has 0 saturated carbocycles. The van der Waals surface area contributed by atoms with Gasteiger partial charge in [-0.2, -0.15) is 4.98 Å². The quantitative estimate of drug-likeness (QED) is 0.592. The molecular weight excluding hydrogens is 374 g/mol. The molecule has 0 saturated heterocycles. The highest BCUT2D eigenvalue weighted by atomic mass is 16.5. The summed E-state index contributed by atoms with van der Waals surface area (Å²) in [5.74, 6) is 2.45. The Bertz CT molecular complexity index is 939. The molecule has 8 heteroatoms. The van der Waals surface area contributed by atoms with Crippen molar-refractivity contribution in [1.29, 1.82) is 0 Å². The van der Waals surface area contributed by atoms with Crippen LogP contribution in [0, 0.1) is 0 Å². The van der Waals surface area contributed by atoms with Gasteiger partial charge in [0, 0.05) is 11.6 Å². The number of benzene rings is 2. The monoisotopic (exact) mass is 397 g/mol. The van der Waals surface area contributed by atoms with Crippen LogP contribution in [0.1, 0.15) is 19.2 Å². The van der Waals surface area contributed by atoms with Gasteiger partial charge >= 0.3 is 0 Å². The summed E-state index contributed by atoms with van der Waals surface area (Å²) in [4.78, 5) is 16.8. The molecule has 1 heterocycles. The van der Waals surface area contributed by atoms with Crippen molar-refractivity contribution in [2.45, 2.75) is 26.0 Å². The van der Waals surface area contributed by atoms with Crippen molar-refractivity contribution >= 4 is 5.91 Å². The second kappa shape index (κ2) is 9.59. The Morgan fingerprint density at radius 1 is 1.07 bits per heavy atom. The summed E-state index contributed by atoms with van der Waals surface area (Å²) in [6.45, 7) is 1.98. The zero-order chi connectivity index (χ0) is 20.6. The average Bonchev–Trinajstić information content (AvgIpc) is 3.25. The minimum Gasteiger partial charge on any atom is -0.497 e. The van der Waals surface area contributed by atoms with Gasteiger partial charge in [-0.15, -0.1) is 0 Å². The normalized spacial score (nSPS) is 11.6. The summed E-state index contributed by atoms with van der Waals surface area (Å²) in [6.07, 6.45) is -0.143. The first-order valence-corrected chi connectivity index (χ1v) is 9.18. The molecule has 1 amide bonds. The lowest BCUT2D eigenvalue weighted by atomic mass is 10.2. The summed E-state index contributed by atoms with van der Waals surface area (Å²) in [7, 11) is 3.18. The van der Waals surface area contributed by atoms with E-state index >= 15 is 0 Å². The molecule has 8 nitrogen and oxygen atoms in total. The molecule has 0 unspecified atom stereocenters. The number of carbonyl (C=O) groups excluding carboxylic acids is 1. The number of methoxy groups -OCH3 is 2. The number of hydrogen-bond acceptors (Lipinski definition) is 7. The summed E-state index contributed by atoms with van der Waals surface area (Å²) >= 11 is 0. The van der Waals surface area contributed by atoms with Gasteiger partial charge in [-0.1, -0.05) is 18.1 Å². The molecule has 0 aliphatic heterocycles. The molecule has 1 N–H and O–H groups in total. The molecule has 0 aliphatic carbocycles. The number of amides is 1. The van der Waals surface area contributed by atoms with E-state index < -0.39 is 6.10 Å². The summed E-state index contributed by atoms with van der Waals surface area (Å²) in [5, 5.41) is 6.72. The van der Waals surface area contributed by atoms with Crippen LogP contribution >= 0.6 is 0 Å². The van der Waals surface area contributed by atoms with Crippen molar-refractivity contribution in [1.82, 2.24) is 15.5 Å². The molecule has 0 fully saturated rings. The van der Waals surface area contributed by atoms with Gasteiger partial charge in [0.25, 0.3) is 5.91 Å². The second-order valence-corrected chi connectivity index (χ2v) is 6.15. The first kappa shape index (κ1) is 20.2. The molecule has 152 valence electrons. The molecular formula is C21H23N3O5. The van der Waals surface area contributed by atoms with Gasteiger partial charge in [0.05, 0.1) is 20.8 Å². The molecule has 1 aromatic heterocycles. The van der Waals surface area contributed by atoms with E-state index in [1.165, 1.54) is 0 Å². The first-order chi connectivity index (χ1) is 14.1. The van der Waals surface area contributed by atoms with E-state index in [2.05, 4.69) is 15.5 Å². The van der Waals surface area contributed by atoms with Gasteiger partial charge < -0.3 is 24.1 Å². The Labute approximate surface area is 168 Å². The van der Waals surface area contributed by atoms with Crippen molar-refractivity contribution < 1.29 is 23.5 Å². The predicted molar refractivity (Wildman–Crippen MR) is 106 cm³/mol. The van der Waals surface area contributed by atoms with Crippen LogP contribution in [0.3, 0.4) is 0 Å². The van der Waals surface area contributed by atoms with Crippen LogP contribution in [-0.2, 0) is 11.3 Å². The summed E-state index contributed by atoms with van der Waals surface area (Å²) in [6, 6.07) is 14.4. The van der Waals surface area contributed by atoms with Crippen molar-refractivity contribution in [2.75, 3.05) is 14.2 Å². The van der Waals surface area contributed by atoms with Crippen LogP contribution in [-0.4, -0.2) is 36.4 Å². The van der Waals surface area contributed by atoms with Gasteiger partial charge in [-0.05, 0) is 42.8 Å². The van der Waals surface area contributed by atoms with Crippen molar-refractivity contribution in [3.63, 3.8) is 0 Å². The highest BCUT2D eigenvalue weighted by Gasteiger charge is 2.19. The lowest BCUT2D eigenvalue weighted by molar-refractivity contribution is -0.128. The molecule has 0 aliphatic rings. The second-order valence-electron chi connectivity index (χ2n) is 6.15. The molecule has 29 heavy (non-hydrogen) atoms. The molecule has 1 atom stereocenters. The van der Waals surface area contributed by atoms with Gasteiger partial charge in [-0.3, -0.25) is 4.79 Å². The molecule has 0 spiro atoms. The largest absolute Gasteiger partial charge is 0.497 e. The zero-order valence-corrected chi connectivity index (χ0v) is 16.5. The van der Waals surface area contributed by atoms with Crippen molar-refractivity contribution in [2.24, 2.45) is 0 Å². The number of hydrogen-bond donors (Lipinski definition) is 1. The molecule has 3 aromatic rings. The number of aromatic nitrogens is 2. The summed E-state index contributed by atoms with van der Waals surface area (Å²) < 4.78 is 21.3. The highest BCUT2D eigenvalue weighted by molar-refractivity contribution is 5.81. The molecule has 3 rings (SSSR count). The average molecular weight is 397 g/mol. The fraction of sp³-hybridized carbons (Fsp3) is 0.286. The SMILES string of the molecule is CC[C@H](Oc1cccc(OC)c1)C(=O)NCc1nc(-c2ccc(OC)cc2)no1. The lowest BCUT2D eigenvalue weighted by Gasteiger charge is -2.17. The maximum absolute atomic E-state index is 12.5. The number of carbonyl (C=O) groups is 1. The third kappa shape index (κ3) is 5.25. The van der Waals surface area contributed by atoms with Crippen molar-refractivity contribution in [3.05, 3.63) is 54.4 Å². The minimum atomic E-state index is -0.647.